The van der Waals surface area contributed by atoms with Crippen molar-refractivity contribution in [1.29, 1.82) is 0 Å². The molecule has 0 radical (unpaired) electrons. The molecule has 21 heavy (non-hydrogen) atoms. The van der Waals surface area contributed by atoms with Crippen LogP contribution in [0.2, 0.25) is 0 Å². The number of β-amino-alcohol motifs (C(OH)–C–C–N with tert-alkyl or cyclic N) is 1. The van der Waals surface area contributed by atoms with Crippen molar-refractivity contribution in [2.75, 3.05) is 19.7 Å². The van der Waals surface area contributed by atoms with Crippen molar-refractivity contribution in [3.8, 4) is 0 Å². The number of nitrogens with zero attached hydrogens (tertiary/aromatic N) is 1. The van der Waals surface area contributed by atoms with Crippen LogP contribution in [-0.2, 0) is 12.8 Å². The van der Waals surface area contributed by atoms with Gasteiger partial charge in [-0.1, -0.05) is 24.6 Å². The van der Waals surface area contributed by atoms with E-state index in [4.69, 9.17) is 0 Å². The summed E-state index contributed by atoms with van der Waals surface area (Å²) >= 11 is 0. The molecule has 3 heteroatoms. The van der Waals surface area contributed by atoms with Gasteiger partial charge in [0.05, 0.1) is 6.10 Å². The van der Waals surface area contributed by atoms with E-state index in [0.29, 0.717) is 12.6 Å². The van der Waals surface area contributed by atoms with Crippen LogP contribution in [0.4, 0.5) is 0 Å². The Morgan fingerprint density at radius 3 is 2.86 bits per heavy atom. The van der Waals surface area contributed by atoms with Gasteiger partial charge < -0.3 is 10.2 Å². The van der Waals surface area contributed by atoms with Crippen molar-refractivity contribution in [2.45, 2.75) is 57.1 Å². The zero-order valence-electron chi connectivity index (χ0n) is 12.8. The maximum Gasteiger partial charge on any atom is 0.0917 e. The minimum absolute atomic E-state index is 0.246. The van der Waals surface area contributed by atoms with Gasteiger partial charge in [-0.15, -0.1) is 0 Å². The number of benzene rings is 1. The van der Waals surface area contributed by atoms with Gasteiger partial charge in [0.2, 0.25) is 0 Å². The number of hydrogen-bond acceptors (Lipinski definition) is 3. The van der Waals surface area contributed by atoms with E-state index in [1.54, 1.807) is 0 Å². The summed E-state index contributed by atoms with van der Waals surface area (Å²) in [5.74, 6) is 0. The van der Waals surface area contributed by atoms with Crippen LogP contribution in [0.1, 0.15) is 54.9 Å². The lowest BCUT2D eigenvalue weighted by atomic mass is 9.97. The lowest BCUT2D eigenvalue weighted by Gasteiger charge is -2.36. The first-order valence-corrected chi connectivity index (χ1v) is 8.42. The van der Waals surface area contributed by atoms with Gasteiger partial charge in [-0.25, -0.2) is 0 Å². The molecule has 3 nitrogen and oxygen atoms in total. The van der Waals surface area contributed by atoms with Crippen LogP contribution < -0.4 is 0 Å². The molecule has 2 aliphatic rings. The van der Waals surface area contributed by atoms with Crippen LogP contribution in [0.5, 0.6) is 0 Å². The highest BCUT2D eigenvalue weighted by molar-refractivity contribution is 5.36. The van der Waals surface area contributed by atoms with Crippen molar-refractivity contribution in [3.05, 3.63) is 34.9 Å². The molecular formula is C18H27NO2. The predicted octanol–water partition coefficient (Wildman–Crippen LogP) is 2.45. The summed E-state index contributed by atoms with van der Waals surface area (Å²) in [6.45, 7) is 1.99. The monoisotopic (exact) mass is 289 g/mol. The van der Waals surface area contributed by atoms with Crippen LogP contribution in [0, 0.1) is 0 Å². The van der Waals surface area contributed by atoms with Crippen molar-refractivity contribution < 1.29 is 10.2 Å². The Hall–Kier alpha value is -0.900. The average Bonchev–Trinajstić information content (AvgIpc) is 2.97. The minimum atomic E-state index is -0.407. The molecule has 3 rings (SSSR count). The van der Waals surface area contributed by atoms with E-state index in [1.807, 2.05) is 0 Å². The molecule has 0 aromatic heterocycles. The highest BCUT2D eigenvalue weighted by Gasteiger charge is 2.24. The summed E-state index contributed by atoms with van der Waals surface area (Å²) < 4.78 is 0. The van der Waals surface area contributed by atoms with Gasteiger partial charge in [0.1, 0.15) is 0 Å². The number of piperidine rings is 1. The first-order valence-electron chi connectivity index (χ1n) is 8.42. The zero-order valence-corrected chi connectivity index (χ0v) is 12.8. The molecule has 0 amide bonds. The second kappa shape index (κ2) is 6.91. The topological polar surface area (TPSA) is 43.7 Å². The molecular weight excluding hydrogens is 262 g/mol. The summed E-state index contributed by atoms with van der Waals surface area (Å²) in [6.07, 6.45) is 7.63. The smallest absolute Gasteiger partial charge is 0.0917 e. The second-order valence-electron chi connectivity index (χ2n) is 6.55. The van der Waals surface area contributed by atoms with Crippen molar-refractivity contribution in [1.82, 2.24) is 4.90 Å². The van der Waals surface area contributed by atoms with Crippen LogP contribution in [-0.4, -0.2) is 40.9 Å². The quantitative estimate of drug-likeness (QED) is 0.875. The number of likely N-dealkylation sites (tertiary alicyclic amines) is 1. The summed E-state index contributed by atoms with van der Waals surface area (Å²) in [6, 6.07) is 6.94. The molecule has 1 aromatic rings. The predicted molar refractivity (Wildman–Crippen MR) is 84.3 cm³/mol. The van der Waals surface area contributed by atoms with E-state index >= 15 is 0 Å². The normalized spacial score (nSPS) is 24.0. The molecule has 1 saturated heterocycles. The molecule has 1 aliphatic heterocycles. The van der Waals surface area contributed by atoms with Gasteiger partial charge in [0.15, 0.2) is 0 Å². The fraction of sp³-hybridized carbons (Fsp3) is 0.667. The molecule has 2 atom stereocenters. The molecule has 0 saturated carbocycles. The third-order valence-corrected chi connectivity index (χ3v) is 5.13. The molecule has 1 aromatic carbocycles. The highest BCUT2D eigenvalue weighted by Crippen LogP contribution is 2.27. The van der Waals surface area contributed by atoms with E-state index in [1.165, 1.54) is 36.8 Å². The van der Waals surface area contributed by atoms with Gasteiger partial charge >= 0.3 is 0 Å². The molecule has 1 fully saturated rings. The Labute approximate surface area is 127 Å². The molecule has 1 aliphatic carbocycles. The summed E-state index contributed by atoms with van der Waals surface area (Å²) in [7, 11) is 0. The Morgan fingerprint density at radius 1 is 1.14 bits per heavy atom. The van der Waals surface area contributed by atoms with Gasteiger partial charge in [-0.05, 0) is 61.8 Å². The van der Waals surface area contributed by atoms with E-state index in [0.717, 1.165) is 31.4 Å². The summed E-state index contributed by atoms with van der Waals surface area (Å²) in [5, 5.41) is 19.8. The molecule has 0 bridgehead atoms. The number of fused-ring (bicyclic) bond motifs is 1. The van der Waals surface area contributed by atoms with Crippen LogP contribution >= 0.6 is 0 Å². The maximum atomic E-state index is 10.6. The zero-order chi connectivity index (χ0) is 14.7. The number of aryl methyl sites for hydroxylation is 2. The van der Waals surface area contributed by atoms with E-state index in [2.05, 4.69) is 23.1 Å². The van der Waals surface area contributed by atoms with Gasteiger partial charge in [-0.2, -0.15) is 0 Å². The average molecular weight is 289 g/mol. The molecule has 2 N–H and O–H groups in total. The SMILES string of the molecule is OCCC1CCCCN1CC(O)c1ccc2c(c1)CCC2. The fourth-order valence-corrected chi connectivity index (χ4v) is 3.90. The standard InChI is InChI=1S/C18H27NO2/c20-11-9-17-6-1-2-10-19(17)13-18(21)16-8-7-14-4-3-5-15(14)12-16/h7-8,12,17-18,20-21H,1-6,9-11,13H2. The molecule has 1 heterocycles. The first-order chi connectivity index (χ1) is 10.3. The van der Waals surface area contributed by atoms with Gasteiger partial charge in [0, 0.05) is 19.2 Å². The van der Waals surface area contributed by atoms with E-state index in [9.17, 15) is 10.2 Å². The Morgan fingerprint density at radius 2 is 2.00 bits per heavy atom. The van der Waals surface area contributed by atoms with Crippen LogP contribution in [0.3, 0.4) is 0 Å². The fourth-order valence-electron chi connectivity index (χ4n) is 3.90. The lowest BCUT2D eigenvalue weighted by Crippen LogP contribution is -2.42. The first kappa shape index (κ1) is 15.0. The maximum absolute atomic E-state index is 10.6. The van der Waals surface area contributed by atoms with E-state index in [-0.39, 0.29) is 6.61 Å². The van der Waals surface area contributed by atoms with Crippen molar-refractivity contribution >= 4 is 0 Å². The van der Waals surface area contributed by atoms with Crippen molar-refractivity contribution in [3.63, 3.8) is 0 Å². The summed E-state index contributed by atoms with van der Waals surface area (Å²) in [4.78, 5) is 2.37. The lowest BCUT2D eigenvalue weighted by molar-refractivity contribution is 0.0565. The summed E-state index contributed by atoms with van der Waals surface area (Å²) in [5.41, 5.74) is 3.95. The molecule has 2 unspecified atom stereocenters. The Balaban J connectivity index is 1.65. The number of rotatable bonds is 5. The molecule has 0 spiro atoms. The third kappa shape index (κ3) is 3.47. The van der Waals surface area contributed by atoms with Crippen LogP contribution in [0.25, 0.3) is 0 Å². The Kier molecular flexibility index (Phi) is 4.94. The van der Waals surface area contributed by atoms with Crippen LogP contribution in [0.15, 0.2) is 18.2 Å². The van der Waals surface area contributed by atoms with Gasteiger partial charge in [0.25, 0.3) is 0 Å². The Bertz CT molecular complexity index is 472. The number of aliphatic hydroxyl groups is 2. The largest absolute Gasteiger partial charge is 0.396 e. The van der Waals surface area contributed by atoms with E-state index < -0.39 is 6.10 Å². The number of hydrogen-bond donors (Lipinski definition) is 2. The highest BCUT2D eigenvalue weighted by atomic mass is 16.3. The van der Waals surface area contributed by atoms with Crippen molar-refractivity contribution in [2.24, 2.45) is 0 Å². The molecule has 116 valence electrons. The third-order valence-electron chi connectivity index (χ3n) is 5.13. The minimum Gasteiger partial charge on any atom is -0.396 e. The van der Waals surface area contributed by atoms with Gasteiger partial charge in [-0.3, -0.25) is 4.90 Å². The number of aliphatic hydroxyl groups excluding tert-OH is 2. The second-order valence-corrected chi connectivity index (χ2v) is 6.55.